The third-order valence-corrected chi connectivity index (χ3v) is 6.17. The van der Waals surface area contributed by atoms with Gasteiger partial charge in [-0.25, -0.2) is 18.1 Å². The topological polar surface area (TPSA) is 82.5 Å². The van der Waals surface area contributed by atoms with Crippen molar-refractivity contribution in [2.45, 2.75) is 44.7 Å². The zero-order valence-electron chi connectivity index (χ0n) is 16.3. The highest BCUT2D eigenvalue weighted by atomic mass is 32.2. The van der Waals surface area contributed by atoms with E-state index in [-0.39, 0.29) is 23.8 Å². The van der Waals surface area contributed by atoms with Gasteiger partial charge in [-0.2, -0.15) is 0 Å². The molecular weight excluding hydrogens is 378 g/mol. The normalized spacial score (nSPS) is 13.8. The van der Waals surface area contributed by atoms with E-state index in [1.807, 2.05) is 24.3 Å². The van der Waals surface area contributed by atoms with Crippen molar-refractivity contribution in [3.8, 4) is 22.9 Å². The van der Waals surface area contributed by atoms with Gasteiger partial charge in [0.1, 0.15) is 5.82 Å². The molecule has 4 rings (SSSR count). The van der Waals surface area contributed by atoms with Crippen LogP contribution in [0.2, 0.25) is 0 Å². The van der Waals surface area contributed by atoms with E-state index in [1.54, 1.807) is 26.0 Å². The zero-order valence-corrected chi connectivity index (χ0v) is 17.1. The third kappa shape index (κ3) is 3.22. The number of rotatable bonds is 5. The Labute approximate surface area is 164 Å². The van der Waals surface area contributed by atoms with Crippen LogP contribution in [-0.4, -0.2) is 30.8 Å². The average Bonchev–Trinajstić information content (AvgIpc) is 3.23. The Morgan fingerprint density at radius 3 is 2.50 bits per heavy atom. The number of ether oxygens (including phenoxy) is 2. The predicted molar refractivity (Wildman–Crippen MR) is 107 cm³/mol. The Kier molecular flexibility index (Phi) is 4.55. The number of aromatic nitrogens is 2. The Balaban J connectivity index is 1.86. The summed E-state index contributed by atoms with van der Waals surface area (Å²) in [7, 11) is -3.58. The lowest BCUT2D eigenvalue weighted by molar-refractivity contribution is 0.174. The van der Waals surface area contributed by atoms with Crippen molar-refractivity contribution in [3.05, 3.63) is 36.4 Å². The van der Waals surface area contributed by atoms with Crippen molar-refractivity contribution < 1.29 is 17.9 Å². The molecule has 0 atom stereocenters. The number of hydrogen-bond donors (Lipinski definition) is 1. The molecule has 8 heteroatoms. The van der Waals surface area contributed by atoms with E-state index in [0.717, 1.165) is 16.9 Å². The Morgan fingerprint density at radius 2 is 1.79 bits per heavy atom. The largest absolute Gasteiger partial charge is 0.454 e. The molecule has 0 spiro atoms. The molecule has 0 unspecified atom stereocenters. The summed E-state index contributed by atoms with van der Waals surface area (Å²) in [5.74, 6) is 2.16. The molecular formula is C20H23N3O4S. The second-order valence-corrected chi connectivity index (χ2v) is 9.11. The molecule has 148 valence electrons. The molecule has 0 radical (unpaired) electrons. The monoisotopic (exact) mass is 401 g/mol. The first kappa shape index (κ1) is 18.8. The average molecular weight is 401 g/mol. The Morgan fingerprint density at radius 1 is 1.04 bits per heavy atom. The molecule has 1 aliphatic rings. The third-order valence-electron chi connectivity index (χ3n) is 4.51. The van der Waals surface area contributed by atoms with Crippen LogP contribution < -0.4 is 14.2 Å². The maximum Gasteiger partial charge on any atom is 0.240 e. The Bertz CT molecular complexity index is 1150. The highest BCUT2D eigenvalue weighted by molar-refractivity contribution is 7.89. The molecule has 1 aliphatic heterocycles. The molecule has 0 aliphatic carbocycles. The summed E-state index contributed by atoms with van der Waals surface area (Å²) in [6.45, 7) is 7.94. The van der Waals surface area contributed by atoms with Crippen LogP contribution in [0.4, 0.5) is 0 Å². The maximum atomic E-state index is 12.5. The van der Waals surface area contributed by atoms with Crippen LogP contribution in [-0.2, 0) is 10.0 Å². The quantitative estimate of drug-likeness (QED) is 0.705. The van der Waals surface area contributed by atoms with Gasteiger partial charge in [-0.3, -0.25) is 0 Å². The van der Waals surface area contributed by atoms with Gasteiger partial charge >= 0.3 is 0 Å². The van der Waals surface area contributed by atoms with Crippen LogP contribution in [0.15, 0.2) is 41.3 Å². The molecule has 0 saturated heterocycles. The lowest BCUT2D eigenvalue weighted by Gasteiger charge is -2.14. The molecule has 1 aromatic heterocycles. The van der Waals surface area contributed by atoms with Crippen molar-refractivity contribution in [2.75, 3.05) is 6.79 Å². The number of benzene rings is 2. The van der Waals surface area contributed by atoms with E-state index in [2.05, 4.69) is 23.1 Å². The molecule has 2 aromatic carbocycles. The number of nitrogens with one attached hydrogen (secondary N) is 1. The molecule has 0 bridgehead atoms. The minimum absolute atomic E-state index is 0.140. The van der Waals surface area contributed by atoms with Gasteiger partial charge in [-0.05, 0) is 64.1 Å². The summed E-state index contributed by atoms with van der Waals surface area (Å²) in [6.07, 6.45) is 0. The fourth-order valence-electron chi connectivity index (χ4n) is 3.39. The van der Waals surface area contributed by atoms with Crippen LogP contribution in [0.5, 0.6) is 11.5 Å². The second kappa shape index (κ2) is 6.79. The van der Waals surface area contributed by atoms with Gasteiger partial charge < -0.3 is 14.0 Å². The van der Waals surface area contributed by atoms with E-state index in [1.165, 1.54) is 0 Å². The van der Waals surface area contributed by atoms with Gasteiger partial charge in [0.25, 0.3) is 0 Å². The number of fused-ring (bicyclic) bond motifs is 2. The first-order chi connectivity index (χ1) is 13.3. The highest BCUT2D eigenvalue weighted by Gasteiger charge is 2.21. The number of nitrogens with zero attached hydrogens (tertiary/aromatic N) is 2. The summed E-state index contributed by atoms with van der Waals surface area (Å²) in [4.78, 5) is 4.97. The number of imidazole rings is 1. The fraction of sp³-hybridized carbons (Fsp3) is 0.350. The first-order valence-corrected chi connectivity index (χ1v) is 10.7. The summed E-state index contributed by atoms with van der Waals surface area (Å²) >= 11 is 0. The standard InChI is InChI=1S/C20H23N3O4S/c1-12(2)22-28(24,25)15-6-7-17-16(10-15)21-20(23(17)13(3)4)14-5-8-18-19(9-14)27-11-26-18/h5-10,12-13,22H,11H2,1-4H3. The van der Waals surface area contributed by atoms with Crippen LogP contribution in [0.25, 0.3) is 22.4 Å². The van der Waals surface area contributed by atoms with Crippen molar-refractivity contribution in [1.29, 1.82) is 0 Å². The molecule has 1 N–H and O–H groups in total. The highest BCUT2D eigenvalue weighted by Crippen LogP contribution is 2.37. The van der Waals surface area contributed by atoms with Gasteiger partial charge in [-0.1, -0.05) is 0 Å². The fourth-order valence-corrected chi connectivity index (χ4v) is 4.66. The second-order valence-electron chi connectivity index (χ2n) is 7.39. The lowest BCUT2D eigenvalue weighted by Crippen LogP contribution is -2.30. The van der Waals surface area contributed by atoms with Crippen LogP contribution >= 0.6 is 0 Å². The molecule has 3 aromatic rings. The van der Waals surface area contributed by atoms with E-state index in [0.29, 0.717) is 17.0 Å². The molecule has 0 amide bonds. The molecule has 7 nitrogen and oxygen atoms in total. The SMILES string of the molecule is CC(C)NS(=O)(=O)c1ccc2c(c1)nc(-c1ccc3c(c1)OCO3)n2C(C)C. The summed E-state index contributed by atoms with van der Waals surface area (Å²) in [5, 5.41) is 0. The smallest absolute Gasteiger partial charge is 0.240 e. The summed E-state index contributed by atoms with van der Waals surface area (Å²) < 4.78 is 40.7. The van der Waals surface area contributed by atoms with Crippen LogP contribution in [0.3, 0.4) is 0 Å². The lowest BCUT2D eigenvalue weighted by atomic mass is 10.2. The molecule has 28 heavy (non-hydrogen) atoms. The van der Waals surface area contributed by atoms with E-state index < -0.39 is 10.0 Å². The van der Waals surface area contributed by atoms with Crippen LogP contribution in [0.1, 0.15) is 33.7 Å². The maximum absolute atomic E-state index is 12.5. The van der Waals surface area contributed by atoms with E-state index in [4.69, 9.17) is 14.5 Å². The zero-order chi connectivity index (χ0) is 20.1. The van der Waals surface area contributed by atoms with E-state index >= 15 is 0 Å². The van der Waals surface area contributed by atoms with Gasteiger partial charge in [0.15, 0.2) is 11.5 Å². The molecule has 2 heterocycles. The summed E-state index contributed by atoms with van der Waals surface area (Å²) in [6, 6.07) is 10.7. The van der Waals surface area contributed by atoms with Crippen molar-refractivity contribution in [2.24, 2.45) is 0 Å². The summed E-state index contributed by atoms with van der Waals surface area (Å²) in [5.41, 5.74) is 2.40. The van der Waals surface area contributed by atoms with Crippen molar-refractivity contribution >= 4 is 21.1 Å². The predicted octanol–water partition coefficient (Wildman–Crippen LogP) is 3.70. The Hall–Kier alpha value is -2.58. The van der Waals surface area contributed by atoms with Gasteiger partial charge in [0, 0.05) is 17.6 Å². The minimum atomic E-state index is -3.58. The minimum Gasteiger partial charge on any atom is -0.454 e. The van der Waals surface area contributed by atoms with Crippen molar-refractivity contribution in [1.82, 2.24) is 14.3 Å². The van der Waals surface area contributed by atoms with Crippen molar-refractivity contribution in [3.63, 3.8) is 0 Å². The molecule has 0 fully saturated rings. The van der Waals surface area contributed by atoms with Gasteiger partial charge in [0.05, 0.1) is 15.9 Å². The van der Waals surface area contributed by atoms with Gasteiger partial charge in [-0.15, -0.1) is 0 Å². The van der Waals surface area contributed by atoms with E-state index in [9.17, 15) is 8.42 Å². The van der Waals surface area contributed by atoms with Gasteiger partial charge in [0.2, 0.25) is 16.8 Å². The number of hydrogen-bond acceptors (Lipinski definition) is 5. The van der Waals surface area contributed by atoms with Crippen LogP contribution in [0, 0.1) is 0 Å². The molecule has 0 saturated carbocycles. The number of sulfonamides is 1. The first-order valence-electron chi connectivity index (χ1n) is 9.20.